The zero-order chi connectivity index (χ0) is 20.9. The molecule has 154 valence electrons. The second-order valence-electron chi connectivity index (χ2n) is 8.04. The molecule has 0 saturated carbocycles. The lowest BCUT2D eigenvalue weighted by atomic mass is 9.71. The summed E-state index contributed by atoms with van der Waals surface area (Å²) < 4.78 is 17.4. The number of hydrogen-bond donors (Lipinski definition) is 1. The van der Waals surface area contributed by atoms with E-state index in [-0.39, 0.29) is 23.5 Å². The van der Waals surface area contributed by atoms with E-state index in [1.165, 1.54) is 0 Å². The molecule has 31 heavy (non-hydrogen) atoms. The minimum absolute atomic E-state index is 0.0329. The van der Waals surface area contributed by atoms with Gasteiger partial charge in [-0.25, -0.2) is 4.79 Å². The Morgan fingerprint density at radius 2 is 1.77 bits per heavy atom. The summed E-state index contributed by atoms with van der Waals surface area (Å²) in [5.74, 6) is 1.49. The van der Waals surface area contributed by atoms with Crippen molar-refractivity contribution in [2.24, 2.45) is 5.92 Å². The molecule has 2 aliphatic heterocycles. The molecule has 2 aliphatic rings. The van der Waals surface area contributed by atoms with Gasteiger partial charge in [0.2, 0.25) is 0 Å². The molecule has 0 amide bonds. The van der Waals surface area contributed by atoms with Crippen molar-refractivity contribution in [3.63, 3.8) is 0 Å². The van der Waals surface area contributed by atoms with Crippen molar-refractivity contribution in [3.05, 3.63) is 99.9 Å². The number of anilines is 1. The maximum absolute atomic E-state index is 13.2. The minimum atomic E-state index is -0.379. The molecule has 3 atom stereocenters. The van der Waals surface area contributed by atoms with Crippen molar-refractivity contribution in [1.29, 1.82) is 0 Å². The van der Waals surface area contributed by atoms with Gasteiger partial charge in [-0.05, 0) is 17.7 Å². The first-order valence-corrected chi connectivity index (χ1v) is 10.4. The fourth-order valence-corrected chi connectivity index (χ4v) is 5.14. The van der Waals surface area contributed by atoms with Crippen LogP contribution in [-0.4, -0.2) is 13.7 Å². The molecule has 5 heteroatoms. The molecule has 3 heterocycles. The van der Waals surface area contributed by atoms with Gasteiger partial charge in [0.1, 0.15) is 11.4 Å². The summed E-state index contributed by atoms with van der Waals surface area (Å²) >= 11 is 0. The van der Waals surface area contributed by atoms with Crippen LogP contribution >= 0.6 is 0 Å². The first-order valence-electron chi connectivity index (χ1n) is 10.4. The highest BCUT2D eigenvalue weighted by Gasteiger charge is 2.44. The molecule has 4 aromatic rings. The molecular formula is C26H21NO4. The summed E-state index contributed by atoms with van der Waals surface area (Å²) in [5.41, 5.74) is 3.78. The first-order chi connectivity index (χ1) is 15.3. The van der Waals surface area contributed by atoms with Gasteiger partial charge in [-0.1, -0.05) is 60.7 Å². The fourth-order valence-electron chi connectivity index (χ4n) is 5.14. The highest BCUT2D eigenvalue weighted by atomic mass is 16.5. The lowest BCUT2D eigenvalue weighted by molar-refractivity contribution is 0.183. The maximum atomic E-state index is 13.2. The Kier molecular flexibility index (Phi) is 4.03. The number of methoxy groups -OCH3 is 1. The molecule has 1 aromatic heterocycles. The molecule has 6 rings (SSSR count). The molecule has 5 nitrogen and oxygen atoms in total. The Hall–Kier alpha value is -3.73. The summed E-state index contributed by atoms with van der Waals surface area (Å²) in [5, 5.41) is 4.41. The normalized spacial score (nSPS) is 21.3. The molecule has 0 fully saturated rings. The van der Waals surface area contributed by atoms with Gasteiger partial charge in [0.25, 0.3) is 0 Å². The number of para-hydroxylation sites is 2. The molecule has 0 bridgehead atoms. The molecule has 0 saturated heterocycles. The van der Waals surface area contributed by atoms with Gasteiger partial charge in [0.05, 0.1) is 19.8 Å². The van der Waals surface area contributed by atoms with E-state index in [1.807, 2.05) is 54.6 Å². The fraction of sp³-hybridized carbons (Fsp3) is 0.192. The van der Waals surface area contributed by atoms with Crippen LogP contribution in [0.1, 0.15) is 28.7 Å². The van der Waals surface area contributed by atoms with Crippen LogP contribution in [0.25, 0.3) is 11.0 Å². The van der Waals surface area contributed by atoms with Gasteiger partial charge < -0.3 is 19.2 Å². The molecule has 3 aromatic carbocycles. The Balaban J connectivity index is 1.67. The monoisotopic (exact) mass is 411 g/mol. The second-order valence-corrected chi connectivity index (χ2v) is 8.04. The minimum Gasteiger partial charge on any atom is -0.493 e. The highest BCUT2D eigenvalue weighted by molar-refractivity contribution is 5.90. The zero-order valence-electron chi connectivity index (χ0n) is 17.0. The number of benzene rings is 3. The molecule has 0 unspecified atom stereocenters. The first kappa shape index (κ1) is 18.1. The third kappa shape index (κ3) is 2.66. The predicted octanol–water partition coefficient (Wildman–Crippen LogP) is 5.11. The van der Waals surface area contributed by atoms with E-state index in [9.17, 15) is 4.79 Å². The van der Waals surface area contributed by atoms with Crippen LogP contribution in [-0.2, 0) is 0 Å². The van der Waals surface area contributed by atoms with Gasteiger partial charge in [-0.3, -0.25) is 0 Å². The number of nitrogens with one attached hydrogen (secondary N) is 1. The van der Waals surface area contributed by atoms with Crippen LogP contribution in [0.5, 0.6) is 11.5 Å². The number of fused-ring (bicyclic) bond motifs is 6. The SMILES string of the molecule is COc1cccc2c3c(c(=O)oc12)N[C@@H]1c2ccccc2OC[C@H]1[C@@H]3c1ccccc1. The van der Waals surface area contributed by atoms with Gasteiger partial charge in [-0.2, -0.15) is 0 Å². The third-order valence-electron chi connectivity index (χ3n) is 6.47. The van der Waals surface area contributed by atoms with Crippen molar-refractivity contribution >= 4 is 16.7 Å². The third-order valence-corrected chi connectivity index (χ3v) is 6.47. The molecule has 0 radical (unpaired) electrons. The van der Waals surface area contributed by atoms with Gasteiger partial charge >= 0.3 is 5.63 Å². The Morgan fingerprint density at radius 3 is 2.61 bits per heavy atom. The second kappa shape index (κ2) is 6.91. The summed E-state index contributed by atoms with van der Waals surface area (Å²) in [6.07, 6.45) is 0. The van der Waals surface area contributed by atoms with Crippen molar-refractivity contribution in [1.82, 2.24) is 0 Å². The lowest BCUT2D eigenvalue weighted by Gasteiger charge is -2.43. The van der Waals surface area contributed by atoms with Crippen LogP contribution < -0.4 is 20.4 Å². The van der Waals surface area contributed by atoms with E-state index in [1.54, 1.807) is 7.11 Å². The Labute approximate surface area is 179 Å². The Bertz CT molecular complexity index is 1340. The summed E-state index contributed by atoms with van der Waals surface area (Å²) in [6, 6.07) is 24.1. The average molecular weight is 411 g/mol. The van der Waals surface area contributed by atoms with E-state index in [4.69, 9.17) is 13.9 Å². The average Bonchev–Trinajstić information content (AvgIpc) is 2.83. The van der Waals surface area contributed by atoms with E-state index >= 15 is 0 Å². The smallest absolute Gasteiger partial charge is 0.360 e. The van der Waals surface area contributed by atoms with Gasteiger partial charge in [-0.15, -0.1) is 0 Å². The summed E-state index contributed by atoms with van der Waals surface area (Å²) in [4.78, 5) is 13.2. The standard InChI is InChI=1S/C26H21NO4/c1-29-20-13-7-11-17-22-21(15-8-3-2-4-9-15)18-14-30-19-12-6-5-10-16(19)23(18)27-24(22)26(28)31-25(17)20/h2-13,18,21,23,27H,14H2,1H3/t18-,21-,23+/m0/s1. The van der Waals surface area contributed by atoms with Crippen LogP contribution in [0, 0.1) is 5.92 Å². The summed E-state index contributed by atoms with van der Waals surface area (Å²) in [6.45, 7) is 0.555. The Morgan fingerprint density at radius 1 is 0.968 bits per heavy atom. The number of ether oxygens (including phenoxy) is 2. The van der Waals surface area contributed by atoms with Gasteiger partial charge in [0, 0.05) is 28.3 Å². The van der Waals surface area contributed by atoms with Crippen molar-refractivity contribution in [2.75, 3.05) is 19.0 Å². The topological polar surface area (TPSA) is 60.7 Å². The number of hydrogen-bond acceptors (Lipinski definition) is 5. The molecule has 0 aliphatic carbocycles. The molecule has 0 spiro atoms. The molecular weight excluding hydrogens is 390 g/mol. The lowest BCUT2D eigenvalue weighted by Crippen LogP contribution is -2.40. The van der Waals surface area contributed by atoms with E-state index < -0.39 is 0 Å². The van der Waals surface area contributed by atoms with Crippen molar-refractivity contribution < 1.29 is 13.9 Å². The van der Waals surface area contributed by atoms with Gasteiger partial charge in [0.15, 0.2) is 11.3 Å². The van der Waals surface area contributed by atoms with Crippen molar-refractivity contribution in [3.8, 4) is 11.5 Å². The maximum Gasteiger partial charge on any atom is 0.360 e. The van der Waals surface area contributed by atoms with Crippen molar-refractivity contribution in [2.45, 2.75) is 12.0 Å². The number of rotatable bonds is 2. The van der Waals surface area contributed by atoms with E-state index in [0.29, 0.717) is 23.6 Å². The zero-order valence-corrected chi connectivity index (χ0v) is 17.0. The van der Waals surface area contributed by atoms with Crippen LogP contribution in [0.4, 0.5) is 5.69 Å². The largest absolute Gasteiger partial charge is 0.493 e. The quantitative estimate of drug-likeness (QED) is 0.465. The highest BCUT2D eigenvalue weighted by Crippen LogP contribution is 2.52. The molecule has 1 N–H and O–H groups in total. The predicted molar refractivity (Wildman–Crippen MR) is 119 cm³/mol. The van der Waals surface area contributed by atoms with E-state index in [0.717, 1.165) is 27.8 Å². The van der Waals surface area contributed by atoms with Crippen LogP contribution in [0.15, 0.2) is 82.0 Å². The van der Waals surface area contributed by atoms with Crippen LogP contribution in [0.2, 0.25) is 0 Å². The van der Waals surface area contributed by atoms with E-state index in [2.05, 4.69) is 23.5 Å². The van der Waals surface area contributed by atoms with Crippen LogP contribution in [0.3, 0.4) is 0 Å². The summed E-state index contributed by atoms with van der Waals surface area (Å²) in [7, 11) is 1.59.